The molecule has 0 spiro atoms. The number of hydrogen-bond acceptors (Lipinski definition) is 5. The zero-order chi connectivity index (χ0) is 36.7. The average molecular weight is 708 g/mol. The van der Waals surface area contributed by atoms with Gasteiger partial charge < -0.3 is 9.47 Å². The molecular formula is C50H33N3O2. The molecule has 0 N–H and O–H groups in total. The van der Waals surface area contributed by atoms with E-state index in [1.807, 2.05) is 48.5 Å². The Balaban J connectivity index is 1.00. The van der Waals surface area contributed by atoms with E-state index in [-0.39, 0.29) is 5.41 Å². The van der Waals surface area contributed by atoms with Crippen LogP contribution in [0.2, 0.25) is 0 Å². The third kappa shape index (κ3) is 5.04. The number of hydrogen-bond donors (Lipinski definition) is 0. The third-order valence-electron chi connectivity index (χ3n) is 11.2. The summed E-state index contributed by atoms with van der Waals surface area (Å²) in [6.07, 6.45) is 0. The van der Waals surface area contributed by atoms with Crippen molar-refractivity contribution < 1.29 is 9.47 Å². The molecule has 0 atom stereocenters. The minimum absolute atomic E-state index is 0.134. The van der Waals surface area contributed by atoms with Gasteiger partial charge in [-0.3, -0.25) is 0 Å². The standard InChI is InChI=1S/C50H33N3O2/c1-50(2)41-20-9-8-18-39(41)40-28-44-45(29-42(40)50)54-43-21-11-19-38(46(43)55-44)32-15-10-16-34(26-32)48-51-47(31-13-4-3-5-14-31)52-49(53-48)35-24-25-37-33(27-35)23-22-30-12-6-7-17-36(30)37/h3-29H,1-2H3. The highest BCUT2D eigenvalue weighted by Gasteiger charge is 2.37. The summed E-state index contributed by atoms with van der Waals surface area (Å²) in [7, 11) is 0. The van der Waals surface area contributed by atoms with Crippen LogP contribution in [-0.2, 0) is 5.41 Å². The summed E-state index contributed by atoms with van der Waals surface area (Å²) in [6, 6.07) is 56.6. The normalized spacial score (nSPS) is 13.3. The molecule has 5 nitrogen and oxygen atoms in total. The summed E-state index contributed by atoms with van der Waals surface area (Å²) in [4.78, 5) is 15.2. The Morgan fingerprint density at radius 2 is 1.02 bits per heavy atom. The molecule has 0 unspecified atom stereocenters. The maximum atomic E-state index is 6.77. The zero-order valence-electron chi connectivity index (χ0n) is 30.2. The van der Waals surface area contributed by atoms with E-state index < -0.39 is 0 Å². The molecule has 260 valence electrons. The number of aromatic nitrogens is 3. The van der Waals surface area contributed by atoms with Gasteiger partial charge in [0.25, 0.3) is 0 Å². The first-order chi connectivity index (χ1) is 27.0. The highest BCUT2D eigenvalue weighted by Crippen LogP contribution is 2.56. The summed E-state index contributed by atoms with van der Waals surface area (Å²) in [5.74, 6) is 4.63. The van der Waals surface area contributed by atoms with E-state index >= 15 is 0 Å². The lowest BCUT2D eigenvalue weighted by atomic mass is 9.82. The van der Waals surface area contributed by atoms with Gasteiger partial charge in [-0.1, -0.05) is 147 Å². The van der Waals surface area contributed by atoms with Crippen LogP contribution in [0.4, 0.5) is 0 Å². The third-order valence-corrected chi connectivity index (χ3v) is 11.2. The van der Waals surface area contributed by atoms with E-state index in [1.165, 1.54) is 38.4 Å². The van der Waals surface area contributed by atoms with Crippen molar-refractivity contribution in [3.8, 4) is 79.4 Å². The smallest absolute Gasteiger partial charge is 0.177 e. The van der Waals surface area contributed by atoms with Gasteiger partial charge in [0.05, 0.1) is 0 Å². The number of nitrogens with zero attached hydrogens (tertiary/aromatic N) is 3. The number of fused-ring (bicyclic) bond motifs is 8. The van der Waals surface area contributed by atoms with Crippen LogP contribution in [0.15, 0.2) is 164 Å². The second-order valence-electron chi connectivity index (χ2n) is 14.8. The molecule has 0 saturated carbocycles. The molecule has 0 bridgehead atoms. The molecule has 0 amide bonds. The number of ether oxygens (including phenoxy) is 2. The van der Waals surface area contributed by atoms with Crippen molar-refractivity contribution in [1.82, 2.24) is 15.0 Å². The van der Waals surface area contributed by atoms with E-state index in [1.54, 1.807) is 0 Å². The molecular weight excluding hydrogens is 675 g/mol. The molecule has 0 radical (unpaired) electrons. The number of para-hydroxylation sites is 1. The number of rotatable bonds is 4. The molecule has 55 heavy (non-hydrogen) atoms. The van der Waals surface area contributed by atoms with Crippen molar-refractivity contribution in [2.24, 2.45) is 0 Å². The molecule has 1 aromatic heterocycles. The van der Waals surface area contributed by atoms with Gasteiger partial charge in [0.2, 0.25) is 0 Å². The van der Waals surface area contributed by atoms with Crippen molar-refractivity contribution in [2.75, 3.05) is 0 Å². The van der Waals surface area contributed by atoms with Crippen molar-refractivity contribution in [1.29, 1.82) is 0 Å². The fraction of sp³-hybridized carbons (Fsp3) is 0.0600. The molecule has 8 aromatic carbocycles. The molecule has 1 aliphatic heterocycles. The Bertz CT molecular complexity index is 3020. The Morgan fingerprint density at radius 1 is 0.382 bits per heavy atom. The van der Waals surface area contributed by atoms with Gasteiger partial charge in [0.1, 0.15) is 0 Å². The van der Waals surface area contributed by atoms with Gasteiger partial charge >= 0.3 is 0 Å². The van der Waals surface area contributed by atoms with Crippen molar-refractivity contribution >= 4 is 21.5 Å². The van der Waals surface area contributed by atoms with Crippen LogP contribution in [0.5, 0.6) is 23.0 Å². The number of benzene rings is 8. The monoisotopic (exact) mass is 707 g/mol. The van der Waals surface area contributed by atoms with Gasteiger partial charge in [-0.2, -0.15) is 0 Å². The van der Waals surface area contributed by atoms with Gasteiger partial charge in [-0.15, -0.1) is 0 Å². The highest BCUT2D eigenvalue weighted by molar-refractivity contribution is 6.08. The minimum atomic E-state index is -0.134. The van der Waals surface area contributed by atoms with E-state index in [9.17, 15) is 0 Å². The molecule has 0 saturated heterocycles. The molecule has 1 aliphatic carbocycles. The molecule has 11 rings (SSSR count). The minimum Gasteiger partial charge on any atom is -0.449 e. The largest absolute Gasteiger partial charge is 0.449 e. The van der Waals surface area contributed by atoms with Gasteiger partial charge in [0, 0.05) is 27.7 Å². The predicted octanol–water partition coefficient (Wildman–Crippen LogP) is 13.1. The highest BCUT2D eigenvalue weighted by atomic mass is 16.6. The predicted molar refractivity (Wildman–Crippen MR) is 221 cm³/mol. The van der Waals surface area contributed by atoms with Crippen molar-refractivity contribution in [3.05, 3.63) is 175 Å². The van der Waals surface area contributed by atoms with Crippen molar-refractivity contribution in [3.63, 3.8) is 0 Å². The second kappa shape index (κ2) is 12.0. The van der Waals surface area contributed by atoms with Crippen LogP contribution in [0.3, 0.4) is 0 Å². The van der Waals surface area contributed by atoms with Crippen molar-refractivity contribution in [2.45, 2.75) is 19.3 Å². The second-order valence-corrected chi connectivity index (χ2v) is 14.8. The van der Waals surface area contributed by atoms with Gasteiger partial charge in [0.15, 0.2) is 40.5 Å². The molecule has 2 aliphatic rings. The molecule has 0 fully saturated rings. The SMILES string of the molecule is CC1(C)c2ccccc2-c2cc3c(cc21)Oc1cccc(-c2cccc(-c4nc(-c5ccccc5)nc(-c5ccc6c(ccc7ccccc76)c5)n4)c2)c1O3. The first kappa shape index (κ1) is 31.4. The summed E-state index contributed by atoms with van der Waals surface area (Å²) < 4.78 is 13.4. The maximum Gasteiger partial charge on any atom is 0.177 e. The van der Waals surface area contributed by atoms with Gasteiger partial charge in [-0.25, -0.2) is 15.0 Å². The average Bonchev–Trinajstić information content (AvgIpc) is 3.46. The first-order valence-electron chi connectivity index (χ1n) is 18.6. The Labute approximate surface area is 318 Å². The van der Waals surface area contributed by atoms with Crippen LogP contribution < -0.4 is 9.47 Å². The molecule has 2 heterocycles. The fourth-order valence-electron chi connectivity index (χ4n) is 8.35. The Hall–Kier alpha value is -7.11. The van der Waals surface area contributed by atoms with Crippen LogP contribution in [0.25, 0.3) is 78.0 Å². The van der Waals surface area contributed by atoms with Crippen LogP contribution in [-0.4, -0.2) is 15.0 Å². The first-order valence-corrected chi connectivity index (χ1v) is 18.6. The Kier molecular flexibility index (Phi) is 6.83. The molecule has 9 aromatic rings. The van der Waals surface area contributed by atoms with E-state index in [0.717, 1.165) is 39.0 Å². The van der Waals surface area contributed by atoms with Gasteiger partial charge in [-0.05, 0) is 79.7 Å². The molecule has 5 heteroatoms. The summed E-state index contributed by atoms with van der Waals surface area (Å²) in [5, 5.41) is 4.78. The lowest BCUT2D eigenvalue weighted by molar-refractivity contribution is 0.360. The lowest BCUT2D eigenvalue weighted by Crippen LogP contribution is -2.15. The van der Waals surface area contributed by atoms with E-state index in [0.29, 0.717) is 34.7 Å². The Morgan fingerprint density at radius 3 is 1.89 bits per heavy atom. The van der Waals surface area contributed by atoms with Crippen LogP contribution >= 0.6 is 0 Å². The lowest BCUT2D eigenvalue weighted by Gasteiger charge is -2.26. The van der Waals surface area contributed by atoms with E-state index in [4.69, 9.17) is 24.4 Å². The maximum absolute atomic E-state index is 6.77. The fourth-order valence-corrected chi connectivity index (χ4v) is 8.35. The topological polar surface area (TPSA) is 57.1 Å². The van der Waals surface area contributed by atoms with E-state index in [2.05, 4.69) is 129 Å². The van der Waals surface area contributed by atoms with Crippen LogP contribution in [0.1, 0.15) is 25.0 Å². The zero-order valence-corrected chi connectivity index (χ0v) is 30.2. The quantitative estimate of drug-likeness (QED) is 0.170. The van der Waals surface area contributed by atoms with Crippen LogP contribution in [0, 0.1) is 0 Å². The summed E-state index contributed by atoms with van der Waals surface area (Å²) in [5.41, 5.74) is 9.46. The summed E-state index contributed by atoms with van der Waals surface area (Å²) in [6.45, 7) is 4.54. The summed E-state index contributed by atoms with van der Waals surface area (Å²) >= 11 is 0.